The lowest BCUT2D eigenvalue weighted by Gasteiger charge is -2.36. The number of H-pyrrole nitrogens is 1. The number of ether oxygens (including phenoxy) is 2. The number of phosphoric ester groups is 2. The van der Waals surface area contributed by atoms with Gasteiger partial charge in [0.25, 0.3) is 5.56 Å². The fraction of sp³-hybridized carbons (Fsp3) is 0.667. The van der Waals surface area contributed by atoms with Crippen molar-refractivity contribution in [3.63, 3.8) is 0 Å². The molecule has 14 nitrogen and oxygen atoms in total. The number of phosphoric acid groups is 2. The topological polar surface area (TPSA) is 185 Å². The molecule has 1 aliphatic heterocycles. The zero-order valence-electron chi connectivity index (χ0n) is 15.9. The second kappa shape index (κ2) is 9.21. The number of hydrogen-bond acceptors (Lipinski definition) is 10. The van der Waals surface area contributed by atoms with Crippen molar-refractivity contribution in [2.45, 2.75) is 29.9 Å². The third kappa shape index (κ3) is 5.60. The smallest absolute Gasteiger partial charge is 0.374 e. The molecule has 2 heterocycles. The summed E-state index contributed by atoms with van der Waals surface area (Å²) < 4.78 is 54.6. The molecule has 0 saturated carbocycles. The standard InChI is InChI=1S/C12H18B2N2O12P2/c1-23-8-7(27-30(22,24-2)25-3)9(12(13,14)28-29(19,20)21)26-10(8)16-5-4-6(17)15-11(16)18/h4-5,7-10H,1-3H3,(H,15,17,18)(H2,19,20,21). The molecule has 1 saturated heterocycles. The highest BCUT2D eigenvalue weighted by molar-refractivity contribution is 7.48. The van der Waals surface area contributed by atoms with Gasteiger partial charge in [-0.2, -0.15) is 0 Å². The molecular weight excluding hydrogens is 448 g/mol. The Morgan fingerprint density at radius 1 is 1.17 bits per heavy atom. The van der Waals surface area contributed by atoms with Gasteiger partial charge >= 0.3 is 21.3 Å². The third-order valence-electron chi connectivity index (χ3n) is 4.01. The highest BCUT2D eigenvalue weighted by atomic mass is 31.2. The minimum Gasteiger partial charge on any atom is -0.374 e. The Kier molecular flexibility index (Phi) is 7.74. The average molecular weight is 466 g/mol. The number of hydrogen-bond donors (Lipinski definition) is 3. The van der Waals surface area contributed by atoms with Crippen LogP contribution in [0.15, 0.2) is 21.9 Å². The summed E-state index contributed by atoms with van der Waals surface area (Å²) in [5, 5.41) is -2.73. The van der Waals surface area contributed by atoms with Crippen molar-refractivity contribution in [2.75, 3.05) is 21.3 Å². The largest absolute Gasteiger partial charge is 0.474 e. The summed E-state index contributed by atoms with van der Waals surface area (Å²) >= 11 is 0. The molecule has 4 unspecified atom stereocenters. The van der Waals surface area contributed by atoms with Crippen molar-refractivity contribution in [3.8, 4) is 0 Å². The van der Waals surface area contributed by atoms with Crippen molar-refractivity contribution in [1.82, 2.24) is 9.55 Å². The molecule has 0 amide bonds. The van der Waals surface area contributed by atoms with Crippen molar-refractivity contribution in [1.29, 1.82) is 0 Å². The molecule has 2 rings (SSSR count). The molecule has 1 fully saturated rings. The number of methoxy groups -OCH3 is 1. The first-order valence-corrected chi connectivity index (χ1v) is 11.0. The molecule has 1 aromatic rings. The highest BCUT2D eigenvalue weighted by Crippen LogP contribution is 2.54. The summed E-state index contributed by atoms with van der Waals surface area (Å²) in [6.45, 7) is 0. The van der Waals surface area contributed by atoms with Gasteiger partial charge in [0.1, 0.15) is 34.0 Å². The summed E-state index contributed by atoms with van der Waals surface area (Å²) in [6.07, 6.45) is -5.04. The summed E-state index contributed by atoms with van der Waals surface area (Å²) in [6, 6.07) is 1.00. The van der Waals surface area contributed by atoms with Crippen LogP contribution in [0, 0.1) is 0 Å². The fourth-order valence-electron chi connectivity index (χ4n) is 2.79. The monoisotopic (exact) mass is 466 g/mol. The molecule has 0 spiro atoms. The maximum Gasteiger partial charge on any atom is 0.474 e. The van der Waals surface area contributed by atoms with Gasteiger partial charge in [0.15, 0.2) is 6.23 Å². The second-order valence-electron chi connectivity index (χ2n) is 5.98. The summed E-state index contributed by atoms with van der Waals surface area (Å²) in [5.74, 6) is 0. The predicted molar refractivity (Wildman–Crippen MR) is 99.9 cm³/mol. The van der Waals surface area contributed by atoms with Crippen LogP contribution >= 0.6 is 15.6 Å². The first-order valence-electron chi connectivity index (χ1n) is 8.00. The molecule has 30 heavy (non-hydrogen) atoms. The summed E-state index contributed by atoms with van der Waals surface area (Å²) in [7, 11) is 5.10. The zero-order valence-corrected chi connectivity index (χ0v) is 17.7. The third-order valence-corrected chi connectivity index (χ3v) is 5.96. The molecule has 164 valence electrons. The minimum absolute atomic E-state index is 0.701. The van der Waals surface area contributed by atoms with E-state index in [1.807, 2.05) is 4.98 Å². The van der Waals surface area contributed by atoms with Crippen LogP contribution in [-0.2, 0) is 36.7 Å². The second-order valence-corrected chi connectivity index (χ2v) is 8.98. The molecule has 0 bridgehead atoms. The normalized spacial score (nSPS) is 25.5. The lowest BCUT2D eigenvalue weighted by Crippen LogP contribution is -2.52. The minimum atomic E-state index is -5.24. The molecule has 0 aromatic carbocycles. The van der Waals surface area contributed by atoms with Crippen LogP contribution in [0.2, 0.25) is 0 Å². The van der Waals surface area contributed by atoms with E-state index in [0.29, 0.717) is 0 Å². The van der Waals surface area contributed by atoms with E-state index >= 15 is 0 Å². The Morgan fingerprint density at radius 3 is 2.23 bits per heavy atom. The fourth-order valence-corrected chi connectivity index (χ4v) is 4.15. The van der Waals surface area contributed by atoms with Gasteiger partial charge in [-0.1, -0.05) is 0 Å². The Labute approximate surface area is 172 Å². The van der Waals surface area contributed by atoms with Crippen molar-refractivity contribution in [3.05, 3.63) is 33.1 Å². The van der Waals surface area contributed by atoms with E-state index in [1.165, 1.54) is 7.11 Å². The van der Waals surface area contributed by atoms with E-state index < -0.39 is 56.8 Å². The summed E-state index contributed by atoms with van der Waals surface area (Å²) in [5.41, 5.74) is -1.63. The van der Waals surface area contributed by atoms with Gasteiger partial charge in [-0.15, -0.1) is 0 Å². The Hall–Kier alpha value is -1.05. The predicted octanol–water partition coefficient (Wildman–Crippen LogP) is -1.66. The van der Waals surface area contributed by atoms with Gasteiger partial charge in [0.05, 0.1) is 0 Å². The van der Waals surface area contributed by atoms with Gasteiger partial charge in [-0.25, -0.2) is 13.9 Å². The highest BCUT2D eigenvalue weighted by Gasteiger charge is 2.56. The first-order chi connectivity index (χ1) is 13.8. The molecular formula is C12H18B2N2O12P2. The van der Waals surface area contributed by atoms with Crippen LogP contribution in [-0.4, -0.2) is 80.1 Å². The number of nitrogens with zero attached hydrogens (tertiary/aromatic N) is 1. The van der Waals surface area contributed by atoms with E-state index in [4.69, 9.17) is 48.5 Å². The molecule has 4 atom stereocenters. The van der Waals surface area contributed by atoms with Gasteiger partial charge in [0, 0.05) is 39.0 Å². The molecule has 1 aliphatic rings. The number of aromatic amines is 1. The van der Waals surface area contributed by atoms with Crippen LogP contribution in [0.1, 0.15) is 6.23 Å². The maximum atomic E-state index is 12.5. The van der Waals surface area contributed by atoms with Crippen LogP contribution in [0.5, 0.6) is 0 Å². The van der Waals surface area contributed by atoms with Crippen molar-refractivity contribution >= 4 is 31.3 Å². The lowest BCUT2D eigenvalue weighted by molar-refractivity contribution is -0.0777. The maximum absolute atomic E-state index is 12.5. The number of nitrogens with one attached hydrogen (secondary N) is 1. The van der Waals surface area contributed by atoms with Crippen LogP contribution in [0.25, 0.3) is 0 Å². The van der Waals surface area contributed by atoms with E-state index in [0.717, 1.165) is 31.0 Å². The Morgan fingerprint density at radius 2 is 1.77 bits per heavy atom. The first kappa shape index (κ1) is 25.2. The van der Waals surface area contributed by atoms with Crippen molar-refractivity contribution < 1.29 is 46.5 Å². The molecule has 3 N–H and O–H groups in total. The summed E-state index contributed by atoms with van der Waals surface area (Å²) in [4.78, 5) is 43.7. The Balaban J connectivity index is 2.56. The van der Waals surface area contributed by atoms with Gasteiger partial charge in [0.2, 0.25) is 0 Å². The van der Waals surface area contributed by atoms with Crippen LogP contribution in [0.4, 0.5) is 0 Å². The van der Waals surface area contributed by atoms with E-state index in [2.05, 4.69) is 4.52 Å². The van der Waals surface area contributed by atoms with Crippen LogP contribution in [0.3, 0.4) is 0 Å². The number of rotatable bonds is 9. The molecule has 0 aliphatic carbocycles. The van der Waals surface area contributed by atoms with Crippen molar-refractivity contribution in [2.24, 2.45) is 0 Å². The molecule has 4 radical (unpaired) electrons. The van der Waals surface area contributed by atoms with E-state index in [1.54, 1.807) is 0 Å². The molecule has 1 aromatic heterocycles. The molecule has 18 heteroatoms. The Bertz CT molecular complexity index is 953. The zero-order chi connectivity index (χ0) is 22.9. The lowest BCUT2D eigenvalue weighted by atomic mass is 9.61. The van der Waals surface area contributed by atoms with Gasteiger partial charge in [-0.3, -0.25) is 32.4 Å². The SMILES string of the molecule is [B]C([B])(OP(=O)(O)O)C1OC(n2ccc(=O)[nH]c2=O)C(OC)C1OP(=O)(OC)OC. The van der Waals surface area contributed by atoms with E-state index in [9.17, 15) is 18.7 Å². The van der Waals surface area contributed by atoms with Gasteiger partial charge < -0.3 is 19.3 Å². The quantitative estimate of drug-likeness (QED) is 0.278. The van der Waals surface area contributed by atoms with E-state index in [-0.39, 0.29) is 0 Å². The van der Waals surface area contributed by atoms with Crippen LogP contribution < -0.4 is 11.2 Å². The average Bonchev–Trinajstić information content (AvgIpc) is 2.98. The number of aromatic nitrogens is 2. The van der Waals surface area contributed by atoms with Gasteiger partial charge in [-0.05, 0) is 0 Å².